The van der Waals surface area contributed by atoms with Crippen molar-refractivity contribution in [3.05, 3.63) is 59.7 Å². The topological polar surface area (TPSA) is 71.1 Å². The molecular weight excluding hydrogens is 384 g/mol. The molecule has 0 amide bonds. The van der Waals surface area contributed by atoms with Crippen LogP contribution in [0.2, 0.25) is 0 Å². The molecule has 0 heterocycles. The minimum absolute atomic E-state index is 0.272. The molecule has 0 aliphatic heterocycles. The van der Waals surface area contributed by atoms with Crippen molar-refractivity contribution in [3.8, 4) is 11.5 Å². The average Bonchev–Trinajstić information content (AvgIpc) is 2.78. The normalized spacial score (nSPS) is 10.3. The summed E-state index contributed by atoms with van der Waals surface area (Å²) in [6.45, 7) is 5.91. The lowest BCUT2D eigenvalue weighted by Gasteiger charge is -2.08. The van der Waals surface area contributed by atoms with Crippen LogP contribution in [-0.2, 0) is 9.47 Å². The lowest BCUT2D eigenvalue weighted by molar-refractivity contribution is 0.0432. The zero-order valence-corrected chi connectivity index (χ0v) is 17.7. The monoisotopic (exact) mass is 414 g/mol. The van der Waals surface area contributed by atoms with E-state index < -0.39 is 0 Å². The predicted molar refractivity (Wildman–Crippen MR) is 114 cm³/mol. The molecule has 0 saturated heterocycles. The zero-order valence-electron chi connectivity index (χ0n) is 17.7. The average molecular weight is 414 g/mol. The first-order chi connectivity index (χ1) is 14.6. The molecule has 6 nitrogen and oxygen atoms in total. The first kappa shape index (κ1) is 23.3. The molecule has 0 saturated carbocycles. The zero-order chi connectivity index (χ0) is 21.6. The maximum atomic E-state index is 12.0. The number of carbonyl (C=O) groups excluding carboxylic acids is 2. The highest BCUT2D eigenvalue weighted by Gasteiger charge is 2.09. The van der Waals surface area contributed by atoms with Gasteiger partial charge in [-0.1, -0.05) is 13.8 Å². The molecule has 0 atom stereocenters. The smallest absolute Gasteiger partial charge is 0.338 e. The largest absolute Gasteiger partial charge is 0.494 e. The van der Waals surface area contributed by atoms with E-state index in [1.54, 1.807) is 48.5 Å². The van der Waals surface area contributed by atoms with E-state index in [0.29, 0.717) is 37.2 Å². The van der Waals surface area contributed by atoms with E-state index in [0.717, 1.165) is 24.3 Å². The quantitative estimate of drug-likeness (QED) is 0.337. The molecule has 0 N–H and O–H groups in total. The Kier molecular flexibility index (Phi) is 10.3. The maximum Gasteiger partial charge on any atom is 0.338 e. The third-order valence-corrected chi connectivity index (χ3v) is 4.13. The van der Waals surface area contributed by atoms with Gasteiger partial charge in [-0.2, -0.15) is 0 Å². The van der Waals surface area contributed by atoms with Crippen LogP contribution in [0.5, 0.6) is 11.5 Å². The Bertz CT molecular complexity index is 700. The second kappa shape index (κ2) is 13.2. The minimum Gasteiger partial charge on any atom is -0.494 e. The predicted octanol–water partition coefficient (Wildman–Crippen LogP) is 5.06. The number of rotatable bonds is 13. The fourth-order valence-corrected chi connectivity index (χ4v) is 2.51. The molecular formula is C24H30O6. The third kappa shape index (κ3) is 8.15. The van der Waals surface area contributed by atoms with Gasteiger partial charge in [0.15, 0.2) is 0 Å². The number of esters is 2. The Hall–Kier alpha value is -3.02. The fourth-order valence-electron chi connectivity index (χ4n) is 2.51. The van der Waals surface area contributed by atoms with Gasteiger partial charge in [-0.25, -0.2) is 9.59 Å². The van der Waals surface area contributed by atoms with E-state index in [1.165, 1.54) is 0 Å². The van der Waals surface area contributed by atoms with Crippen LogP contribution >= 0.6 is 0 Å². The van der Waals surface area contributed by atoms with Crippen molar-refractivity contribution in [2.45, 2.75) is 39.5 Å². The van der Waals surface area contributed by atoms with Gasteiger partial charge < -0.3 is 18.9 Å². The summed E-state index contributed by atoms with van der Waals surface area (Å²) in [5, 5.41) is 0. The van der Waals surface area contributed by atoms with Gasteiger partial charge in [0.25, 0.3) is 0 Å². The van der Waals surface area contributed by atoms with Crippen LogP contribution in [0.4, 0.5) is 0 Å². The van der Waals surface area contributed by atoms with E-state index >= 15 is 0 Å². The van der Waals surface area contributed by atoms with Crippen LogP contribution in [0.25, 0.3) is 0 Å². The summed E-state index contributed by atoms with van der Waals surface area (Å²) in [4.78, 5) is 24.1. The Balaban J connectivity index is 1.60. The van der Waals surface area contributed by atoms with Crippen molar-refractivity contribution in [2.75, 3.05) is 26.4 Å². The van der Waals surface area contributed by atoms with E-state index in [2.05, 4.69) is 0 Å². The lowest BCUT2D eigenvalue weighted by atomic mass is 10.2. The number of carbonyl (C=O) groups is 2. The molecule has 30 heavy (non-hydrogen) atoms. The lowest BCUT2D eigenvalue weighted by Crippen LogP contribution is -2.09. The molecule has 2 aromatic rings. The molecule has 0 aromatic heterocycles. The summed E-state index contributed by atoms with van der Waals surface area (Å²) in [6.07, 6.45) is 3.08. The molecule has 6 heteroatoms. The van der Waals surface area contributed by atoms with Crippen LogP contribution in [-0.4, -0.2) is 38.4 Å². The van der Waals surface area contributed by atoms with Gasteiger partial charge >= 0.3 is 11.9 Å². The van der Waals surface area contributed by atoms with Crippen LogP contribution in [0.3, 0.4) is 0 Å². The molecule has 0 bridgehead atoms. The van der Waals surface area contributed by atoms with Crippen molar-refractivity contribution < 1.29 is 28.5 Å². The van der Waals surface area contributed by atoms with Crippen LogP contribution in [0.15, 0.2) is 48.5 Å². The minimum atomic E-state index is -0.376. The van der Waals surface area contributed by atoms with Crippen molar-refractivity contribution in [2.24, 2.45) is 0 Å². The van der Waals surface area contributed by atoms with E-state index in [1.807, 2.05) is 13.8 Å². The second-order valence-electron chi connectivity index (χ2n) is 6.72. The molecule has 0 unspecified atom stereocenters. The highest BCUT2D eigenvalue weighted by atomic mass is 16.5. The molecule has 0 fully saturated rings. The first-order valence-electron chi connectivity index (χ1n) is 10.4. The summed E-state index contributed by atoms with van der Waals surface area (Å²) in [5.74, 6) is 0.718. The number of benzene rings is 2. The van der Waals surface area contributed by atoms with Gasteiger partial charge in [-0.15, -0.1) is 0 Å². The second-order valence-corrected chi connectivity index (χ2v) is 6.72. The van der Waals surface area contributed by atoms with Crippen LogP contribution in [0, 0.1) is 0 Å². The number of hydrogen-bond donors (Lipinski definition) is 0. The molecule has 162 valence electrons. The Labute approximate surface area is 178 Å². The summed E-state index contributed by atoms with van der Waals surface area (Å²) >= 11 is 0. The van der Waals surface area contributed by atoms with Crippen molar-refractivity contribution in [1.82, 2.24) is 0 Å². The summed E-state index contributed by atoms with van der Waals surface area (Å²) in [6, 6.07) is 13.8. The van der Waals surface area contributed by atoms with Gasteiger partial charge in [0.1, 0.15) is 11.5 Å². The van der Waals surface area contributed by atoms with Gasteiger partial charge in [-0.3, -0.25) is 0 Å². The molecule has 2 rings (SSSR count). The maximum absolute atomic E-state index is 12.0. The molecule has 2 aromatic carbocycles. The Morgan fingerprint density at radius 2 is 0.967 bits per heavy atom. The van der Waals surface area contributed by atoms with E-state index in [4.69, 9.17) is 18.9 Å². The first-order valence-corrected chi connectivity index (χ1v) is 10.4. The van der Waals surface area contributed by atoms with Crippen LogP contribution in [0.1, 0.15) is 60.2 Å². The van der Waals surface area contributed by atoms with E-state index in [9.17, 15) is 9.59 Å². The molecule has 0 aliphatic carbocycles. The summed E-state index contributed by atoms with van der Waals surface area (Å²) in [7, 11) is 0. The third-order valence-electron chi connectivity index (χ3n) is 4.13. The highest BCUT2D eigenvalue weighted by molar-refractivity contribution is 5.90. The van der Waals surface area contributed by atoms with Gasteiger partial charge in [0, 0.05) is 0 Å². The van der Waals surface area contributed by atoms with Gasteiger partial charge in [-0.05, 0) is 74.2 Å². The van der Waals surface area contributed by atoms with Crippen LogP contribution < -0.4 is 9.47 Å². The molecule has 0 radical (unpaired) electrons. The van der Waals surface area contributed by atoms with E-state index in [-0.39, 0.29) is 25.2 Å². The Morgan fingerprint density at radius 3 is 1.30 bits per heavy atom. The molecule has 0 spiro atoms. The summed E-state index contributed by atoms with van der Waals surface area (Å²) < 4.78 is 21.5. The number of unbranched alkanes of at least 4 members (excludes halogenated alkanes) is 1. The number of ether oxygens (including phenoxy) is 4. The standard InChI is InChI=1S/C24H30O6/c1-3-15-27-21-11-7-19(8-12-21)23(25)29-17-5-6-18-30-24(26)20-9-13-22(14-10-20)28-16-4-2/h7-14H,3-6,15-18H2,1-2H3. The van der Waals surface area contributed by atoms with Crippen molar-refractivity contribution >= 4 is 11.9 Å². The molecule has 0 aliphatic rings. The fraction of sp³-hybridized carbons (Fsp3) is 0.417. The highest BCUT2D eigenvalue weighted by Crippen LogP contribution is 2.14. The van der Waals surface area contributed by atoms with Gasteiger partial charge in [0.2, 0.25) is 0 Å². The van der Waals surface area contributed by atoms with Crippen molar-refractivity contribution in [3.63, 3.8) is 0 Å². The SMILES string of the molecule is CCCOc1ccc(C(=O)OCCCCOC(=O)c2ccc(OCCC)cc2)cc1. The summed E-state index contributed by atoms with van der Waals surface area (Å²) in [5.41, 5.74) is 0.966. The Morgan fingerprint density at radius 1 is 0.600 bits per heavy atom. The van der Waals surface area contributed by atoms with Gasteiger partial charge in [0.05, 0.1) is 37.6 Å². The van der Waals surface area contributed by atoms with Crippen molar-refractivity contribution in [1.29, 1.82) is 0 Å². The number of hydrogen-bond acceptors (Lipinski definition) is 6.